The summed E-state index contributed by atoms with van der Waals surface area (Å²) in [6.07, 6.45) is 3.58. The quantitative estimate of drug-likeness (QED) is 0.737. The second kappa shape index (κ2) is 5.12. The number of carbonyl (C=O) groups excluding carboxylic acids is 2. The fourth-order valence-corrected chi connectivity index (χ4v) is 2.09. The van der Waals surface area contributed by atoms with E-state index in [4.69, 9.17) is 0 Å². The molecule has 1 aromatic heterocycles. The van der Waals surface area contributed by atoms with E-state index >= 15 is 0 Å². The average molecular weight is 252 g/mol. The van der Waals surface area contributed by atoms with Crippen molar-refractivity contribution in [3.63, 3.8) is 0 Å². The molecule has 0 saturated carbocycles. The van der Waals surface area contributed by atoms with Crippen molar-refractivity contribution >= 4 is 11.9 Å². The number of rotatable bonds is 2. The Bertz CT molecular complexity index is 478. The first-order chi connectivity index (χ1) is 8.65. The molecule has 0 radical (unpaired) electrons. The number of esters is 1. The van der Waals surface area contributed by atoms with E-state index in [0.717, 1.165) is 6.20 Å². The maximum atomic E-state index is 13.5. The van der Waals surface area contributed by atoms with Crippen molar-refractivity contribution in [1.82, 2.24) is 9.88 Å². The Morgan fingerprint density at radius 3 is 3.00 bits per heavy atom. The number of amides is 1. The summed E-state index contributed by atoms with van der Waals surface area (Å²) >= 11 is 0. The van der Waals surface area contributed by atoms with Crippen molar-refractivity contribution in [2.24, 2.45) is 0 Å². The number of nitrogens with zero attached hydrogens (tertiary/aromatic N) is 2. The minimum atomic E-state index is -0.682. The van der Waals surface area contributed by atoms with Crippen LogP contribution in [-0.4, -0.2) is 41.5 Å². The molecule has 1 fully saturated rings. The summed E-state index contributed by atoms with van der Waals surface area (Å²) in [6, 6.07) is 0.694. The van der Waals surface area contributed by atoms with Gasteiger partial charge in [0.05, 0.1) is 18.9 Å². The molecule has 1 amide bonds. The molecule has 0 N–H and O–H groups in total. The average Bonchev–Trinajstić information content (AvgIpc) is 2.86. The molecule has 96 valence electrons. The molecule has 1 aliphatic heterocycles. The lowest BCUT2D eigenvalue weighted by Crippen LogP contribution is -2.41. The number of pyridine rings is 1. The van der Waals surface area contributed by atoms with E-state index in [1.807, 2.05) is 0 Å². The third kappa shape index (κ3) is 2.18. The van der Waals surface area contributed by atoms with Crippen LogP contribution in [0.3, 0.4) is 0 Å². The molecule has 1 aromatic rings. The summed E-state index contributed by atoms with van der Waals surface area (Å²) < 4.78 is 18.1. The van der Waals surface area contributed by atoms with Crippen LogP contribution in [0.25, 0.3) is 0 Å². The summed E-state index contributed by atoms with van der Waals surface area (Å²) in [4.78, 5) is 28.6. The number of ether oxygens (including phenoxy) is 1. The molecule has 0 bridgehead atoms. The molecule has 2 heterocycles. The lowest BCUT2D eigenvalue weighted by molar-refractivity contribution is -0.145. The lowest BCUT2D eigenvalue weighted by atomic mass is 10.2. The Kier molecular flexibility index (Phi) is 3.55. The van der Waals surface area contributed by atoms with E-state index in [1.54, 1.807) is 0 Å². The predicted molar refractivity (Wildman–Crippen MR) is 60.3 cm³/mol. The largest absolute Gasteiger partial charge is 0.467 e. The fraction of sp³-hybridized carbons (Fsp3) is 0.417. The highest BCUT2D eigenvalue weighted by Gasteiger charge is 2.35. The second-order valence-electron chi connectivity index (χ2n) is 4.04. The van der Waals surface area contributed by atoms with Gasteiger partial charge in [-0.25, -0.2) is 9.18 Å². The Labute approximate surface area is 104 Å². The van der Waals surface area contributed by atoms with Gasteiger partial charge in [0.25, 0.3) is 5.91 Å². The van der Waals surface area contributed by atoms with Gasteiger partial charge in [-0.3, -0.25) is 9.78 Å². The molecule has 0 spiro atoms. The minimum absolute atomic E-state index is 0.0687. The Morgan fingerprint density at radius 2 is 2.33 bits per heavy atom. The van der Waals surface area contributed by atoms with Crippen LogP contribution in [0.5, 0.6) is 0 Å². The van der Waals surface area contributed by atoms with Gasteiger partial charge in [-0.15, -0.1) is 0 Å². The van der Waals surface area contributed by atoms with Gasteiger partial charge in [0, 0.05) is 12.7 Å². The number of halogens is 1. The summed E-state index contributed by atoms with van der Waals surface area (Å²) in [5.41, 5.74) is -0.0687. The van der Waals surface area contributed by atoms with Gasteiger partial charge in [0.1, 0.15) is 6.04 Å². The smallest absolute Gasteiger partial charge is 0.328 e. The van der Waals surface area contributed by atoms with Crippen molar-refractivity contribution in [2.45, 2.75) is 18.9 Å². The van der Waals surface area contributed by atoms with E-state index < -0.39 is 23.7 Å². The van der Waals surface area contributed by atoms with Crippen molar-refractivity contribution in [2.75, 3.05) is 13.7 Å². The molecule has 1 saturated heterocycles. The topological polar surface area (TPSA) is 59.5 Å². The van der Waals surface area contributed by atoms with Crippen molar-refractivity contribution in [3.05, 3.63) is 29.8 Å². The molecular weight excluding hydrogens is 239 g/mol. The third-order valence-electron chi connectivity index (χ3n) is 2.99. The van der Waals surface area contributed by atoms with Crippen LogP contribution < -0.4 is 0 Å². The molecule has 0 aliphatic carbocycles. The molecule has 2 rings (SSSR count). The molecule has 5 nitrogen and oxygen atoms in total. The van der Waals surface area contributed by atoms with Crippen LogP contribution in [0.15, 0.2) is 18.5 Å². The Balaban J connectivity index is 2.23. The number of likely N-dealkylation sites (tertiary alicyclic amines) is 1. The molecule has 1 unspecified atom stereocenters. The molecule has 6 heteroatoms. The lowest BCUT2D eigenvalue weighted by Gasteiger charge is -2.22. The zero-order chi connectivity index (χ0) is 13.1. The zero-order valence-electron chi connectivity index (χ0n) is 9.93. The van der Waals surface area contributed by atoms with Crippen LogP contribution in [0, 0.1) is 5.82 Å². The summed E-state index contributed by atoms with van der Waals surface area (Å²) in [7, 11) is 1.27. The maximum absolute atomic E-state index is 13.5. The maximum Gasteiger partial charge on any atom is 0.328 e. The first-order valence-corrected chi connectivity index (χ1v) is 5.63. The SMILES string of the molecule is COC(=O)C1CCCN1C(=O)c1ccncc1F. The molecule has 18 heavy (non-hydrogen) atoms. The molecular formula is C12H13FN2O3. The van der Waals surface area contributed by atoms with Crippen molar-refractivity contribution < 1.29 is 18.7 Å². The summed E-state index contributed by atoms with van der Waals surface area (Å²) in [5.74, 6) is -1.64. The minimum Gasteiger partial charge on any atom is -0.467 e. The first kappa shape index (κ1) is 12.5. The van der Waals surface area contributed by atoms with E-state index in [9.17, 15) is 14.0 Å². The normalized spacial score (nSPS) is 18.8. The van der Waals surface area contributed by atoms with Crippen LogP contribution in [0.1, 0.15) is 23.2 Å². The van der Waals surface area contributed by atoms with Gasteiger partial charge >= 0.3 is 5.97 Å². The van der Waals surface area contributed by atoms with Gasteiger partial charge in [-0.05, 0) is 18.9 Å². The van der Waals surface area contributed by atoms with Gasteiger partial charge in [0.15, 0.2) is 5.82 Å². The van der Waals surface area contributed by atoms with Crippen LogP contribution in [0.4, 0.5) is 4.39 Å². The van der Waals surface area contributed by atoms with Crippen molar-refractivity contribution in [3.8, 4) is 0 Å². The highest BCUT2D eigenvalue weighted by molar-refractivity contribution is 5.97. The molecule has 0 aromatic carbocycles. The number of methoxy groups -OCH3 is 1. The predicted octanol–water partition coefficient (Wildman–Crippen LogP) is 0.998. The van der Waals surface area contributed by atoms with Crippen molar-refractivity contribution in [1.29, 1.82) is 0 Å². The number of carbonyl (C=O) groups is 2. The Hall–Kier alpha value is -1.98. The zero-order valence-corrected chi connectivity index (χ0v) is 9.93. The highest BCUT2D eigenvalue weighted by atomic mass is 19.1. The number of hydrogen-bond donors (Lipinski definition) is 0. The van der Waals surface area contributed by atoms with Crippen LogP contribution in [0.2, 0.25) is 0 Å². The first-order valence-electron chi connectivity index (χ1n) is 5.63. The molecule has 1 aliphatic rings. The van der Waals surface area contributed by atoms with Gasteiger partial charge in [-0.1, -0.05) is 0 Å². The Morgan fingerprint density at radius 1 is 1.56 bits per heavy atom. The monoisotopic (exact) mass is 252 g/mol. The van der Waals surface area contributed by atoms with Crippen LogP contribution in [-0.2, 0) is 9.53 Å². The molecule has 1 atom stereocenters. The second-order valence-corrected chi connectivity index (χ2v) is 4.04. The number of aromatic nitrogens is 1. The van der Waals surface area contributed by atoms with E-state index in [2.05, 4.69) is 9.72 Å². The highest BCUT2D eigenvalue weighted by Crippen LogP contribution is 2.21. The standard InChI is InChI=1S/C12H13FN2O3/c1-18-12(17)10-3-2-6-15(10)11(16)8-4-5-14-7-9(8)13/h4-5,7,10H,2-3,6H2,1H3. The third-order valence-corrected chi connectivity index (χ3v) is 2.99. The van der Waals surface area contributed by atoms with E-state index in [-0.39, 0.29) is 5.56 Å². The van der Waals surface area contributed by atoms with Gasteiger partial charge in [0.2, 0.25) is 0 Å². The van der Waals surface area contributed by atoms with Gasteiger partial charge in [-0.2, -0.15) is 0 Å². The van der Waals surface area contributed by atoms with E-state index in [0.29, 0.717) is 19.4 Å². The van der Waals surface area contributed by atoms with Gasteiger partial charge < -0.3 is 9.64 Å². The van der Waals surface area contributed by atoms with E-state index in [1.165, 1.54) is 24.3 Å². The summed E-state index contributed by atoms with van der Waals surface area (Å²) in [6.45, 7) is 0.431. The fourth-order valence-electron chi connectivity index (χ4n) is 2.09. The summed E-state index contributed by atoms with van der Waals surface area (Å²) in [5, 5.41) is 0. The number of hydrogen-bond acceptors (Lipinski definition) is 4. The van der Waals surface area contributed by atoms with Crippen LogP contribution >= 0.6 is 0 Å².